The van der Waals surface area contributed by atoms with Gasteiger partial charge in [0.25, 0.3) is 0 Å². The Hall–Kier alpha value is -4.07. The highest BCUT2D eigenvalue weighted by molar-refractivity contribution is 6.27. The van der Waals surface area contributed by atoms with Crippen molar-refractivity contribution < 1.29 is 28.7 Å². The summed E-state index contributed by atoms with van der Waals surface area (Å²) >= 11 is 0. The zero-order chi connectivity index (χ0) is 29.4. The Balaban J connectivity index is 1.51. The quantitative estimate of drug-likeness (QED) is 0.391. The highest BCUT2D eigenvalue weighted by atomic mass is 16.5. The normalized spacial score (nSPS) is 30.3. The summed E-state index contributed by atoms with van der Waals surface area (Å²) in [6.45, 7) is 9.30. The maximum atomic E-state index is 14.3. The van der Waals surface area contributed by atoms with E-state index in [-0.39, 0.29) is 12.2 Å². The van der Waals surface area contributed by atoms with Gasteiger partial charge in [0.05, 0.1) is 41.7 Å². The molecule has 0 aromatic heterocycles. The minimum atomic E-state index is -1.41. The van der Waals surface area contributed by atoms with E-state index < -0.39 is 64.6 Å². The van der Waals surface area contributed by atoms with Gasteiger partial charge in [0.1, 0.15) is 0 Å². The van der Waals surface area contributed by atoms with Crippen molar-refractivity contribution >= 4 is 41.0 Å². The maximum absolute atomic E-state index is 14.3. The first-order chi connectivity index (χ1) is 19.6. The fraction of sp³-hybridized carbons (Fsp3) is 0.424. The van der Waals surface area contributed by atoms with E-state index in [0.717, 1.165) is 24.0 Å². The Kier molecular flexibility index (Phi) is 6.28. The van der Waals surface area contributed by atoms with Gasteiger partial charge in [-0.3, -0.25) is 29.0 Å². The summed E-state index contributed by atoms with van der Waals surface area (Å²) in [7, 11) is 0. The van der Waals surface area contributed by atoms with Crippen LogP contribution < -0.4 is 9.80 Å². The molecule has 5 aliphatic rings. The van der Waals surface area contributed by atoms with E-state index in [1.165, 1.54) is 9.80 Å². The Morgan fingerprint density at radius 2 is 1.12 bits per heavy atom. The summed E-state index contributed by atoms with van der Waals surface area (Å²) in [5, 5.41) is 0. The van der Waals surface area contributed by atoms with Crippen LogP contribution in [0.2, 0.25) is 0 Å². The molecule has 2 aromatic rings. The first-order valence-corrected chi connectivity index (χ1v) is 14.4. The predicted molar refractivity (Wildman–Crippen MR) is 152 cm³/mol. The number of carbonyl (C=O) groups excluding carboxylic acids is 5. The first-order valence-electron chi connectivity index (χ1n) is 14.4. The van der Waals surface area contributed by atoms with E-state index in [2.05, 4.69) is 0 Å². The van der Waals surface area contributed by atoms with Crippen LogP contribution in [0, 0.1) is 35.0 Å². The van der Waals surface area contributed by atoms with Gasteiger partial charge in [-0.25, -0.2) is 4.79 Å². The molecular weight excluding hydrogens is 520 g/mol. The molecule has 41 heavy (non-hydrogen) atoms. The van der Waals surface area contributed by atoms with Crippen LogP contribution >= 0.6 is 0 Å². The third-order valence-electron chi connectivity index (χ3n) is 9.89. The molecule has 2 aromatic carbocycles. The summed E-state index contributed by atoms with van der Waals surface area (Å²) in [5.74, 6) is -6.76. The smallest absolute Gasteiger partial charge is 0.334 e. The Labute approximate surface area is 239 Å². The lowest BCUT2D eigenvalue weighted by Crippen LogP contribution is -2.61. The molecule has 212 valence electrons. The van der Waals surface area contributed by atoms with Crippen molar-refractivity contribution in [1.82, 2.24) is 0 Å². The molecule has 3 aliphatic carbocycles. The van der Waals surface area contributed by atoms with Gasteiger partial charge < -0.3 is 4.74 Å². The van der Waals surface area contributed by atoms with E-state index in [1.807, 2.05) is 38.1 Å². The summed E-state index contributed by atoms with van der Waals surface area (Å²) in [6, 6.07) is 14.5. The van der Waals surface area contributed by atoms with Crippen LogP contribution in [0.4, 0.5) is 11.4 Å². The van der Waals surface area contributed by atoms with Crippen LogP contribution in [-0.2, 0) is 41.6 Å². The molecule has 2 aliphatic heterocycles. The Morgan fingerprint density at radius 1 is 0.707 bits per heavy atom. The third-order valence-corrected chi connectivity index (χ3v) is 9.89. The van der Waals surface area contributed by atoms with Crippen LogP contribution in [0.25, 0.3) is 0 Å². The number of amides is 4. The van der Waals surface area contributed by atoms with Crippen molar-refractivity contribution in [1.29, 1.82) is 0 Å². The zero-order valence-corrected chi connectivity index (χ0v) is 24.0. The van der Waals surface area contributed by atoms with Crippen molar-refractivity contribution in [3.63, 3.8) is 0 Å². The lowest BCUT2D eigenvalue weighted by atomic mass is 9.43. The molecule has 2 bridgehead atoms. The number of ether oxygens (including phenoxy) is 1. The number of hydrogen-bond donors (Lipinski definition) is 0. The predicted octanol–water partition coefficient (Wildman–Crippen LogP) is 4.25. The SMILES string of the molecule is CCOC(=O)C1=C(C)C2[C@H]3C(=O)N(c4ccc(CC)cc4)C(=O)[C@@H]3C1(C)[C@H]1C(=O)N(c3ccc(CC)cc3)C(=O)[C@@H]21. The van der Waals surface area contributed by atoms with Gasteiger partial charge in [-0.1, -0.05) is 50.6 Å². The van der Waals surface area contributed by atoms with Crippen molar-refractivity contribution in [3.05, 3.63) is 70.8 Å². The average molecular weight is 555 g/mol. The molecule has 0 spiro atoms. The first kappa shape index (κ1) is 27.1. The largest absolute Gasteiger partial charge is 0.463 e. The zero-order valence-electron chi connectivity index (χ0n) is 24.0. The molecule has 8 nitrogen and oxygen atoms in total. The van der Waals surface area contributed by atoms with Gasteiger partial charge in [-0.2, -0.15) is 0 Å². The van der Waals surface area contributed by atoms with Crippen LogP contribution in [0.5, 0.6) is 0 Å². The van der Waals surface area contributed by atoms with E-state index in [4.69, 9.17) is 4.74 Å². The van der Waals surface area contributed by atoms with Gasteiger partial charge in [-0.05, 0) is 62.1 Å². The summed E-state index contributed by atoms with van der Waals surface area (Å²) in [4.78, 5) is 72.7. The van der Waals surface area contributed by atoms with Gasteiger partial charge in [-0.15, -0.1) is 0 Å². The van der Waals surface area contributed by atoms with Crippen LogP contribution in [0.15, 0.2) is 59.7 Å². The fourth-order valence-electron chi connectivity index (χ4n) is 8.08. The van der Waals surface area contributed by atoms with Gasteiger partial charge in [0, 0.05) is 16.9 Å². The number of benzene rings is 2. The molecule has 4 amide bonds. The van der Waals surface area contributed by atoms with Crippen molar-refractivity contribution in [2.45, 2.75) is 47.5 Å². The van der Waals surface area contributed by atoms with E-state index in [9.17, 15) is 24.0 Å². The summed E-state index contributed by atoms with van der Waals surface area (Å²) < 4.78 is 5.45. The number of aryl methyl sites for hydroxylation is 2. The average Bonchev–Trinajstić information content (AvgIpc) is 3.39. The third kappa shape index (κ3) is 3.49. The fourth-order valence-corrected chi connectivity index (χ4v) is 8.08. The summed E-state index contributed by atoms with van der Waals surface area (Å²) in [6.07, 6.45) is 1.62. The monoisotopic (exact) mass is 554 g/mol. The second-order valence-corrected chi connectivity index (χ2v) is 11.7. The minimum absolute atomic E-state index is 0.115. The molecule has 2 unspecified atom stereocenters. The lowest BCUT2D eigenvalue weighted by molar-refractivity contribution is -0.155. The molecule has 2 heterocycles. The molecule has 3 fully saturated rings. The molecule has 2 saturated heterocycles. The highest BCUT2D eigenvalue weighted by Crippen LogP contribution is 2.68. The topological polar surface area (TPSA) is 101 Å². The van der Waals surface area contributed by atoms with Crippen LogP contribution in [-0.4, -0.2) is 36.2 Å². The van der Waals surface area contributed by atoms with Gasteiger partial charge in [0.2, 0.25) is 23.6 Å². The number of nitrogens with zero attached hydrogens (tertiary/aromatic N) is 2. The standard InChI is InChI=1S/C33H34N2O6/c1-6-18-9-13-20(14-10-18)34-28(36)23-22-17(4)25(32(40)41-8-3)33(5,26(23)30(34)38)27-24(22)29(37)35(31(27)39)21-15-11-19(7-2)12-16-21/h9-16,22-24,26-27H,6-8H2,1-5H3/t22?,23-,24+,26-,27-,33?/m1/s1. The number of esters is 1. The Morgan fingerprint density at radius 3 is 1.49 bits per heavy atom. The van der Waals surface area contributed by atoms with Gasteiger partial charge in [0.15, 0.2) is 0 Å². The summed E-state index contributed by atoms with van der Waals surface area (Å²) in [5.41, 5.74) is 2.43. The molecule has 7 rings (SSSR count). The number of hydrogen-bond acceptors (Lipinski definition) is 6. The second-order valence-electron chi connectivity index (χ2n) is 11.7. The minimum Gasteiger partial charge on any atom is -0.463 e. The van der Waals surface area contributed by atoms with E-state index in [0.29, 0.717) is 16.9 Å². The number of imide groups is 2. The number of anilines is 2. The van der Waals surface area contributed by atoms with Crippen molar-refractivity contribution in [2.24, 2.45) is 35.0 Å². The molecular formula is C33H34N2O6. The second kappa shape index (κ2) is 9.50. The number of rotatable bonds is 6. The number of carbonyl (C=O) groups is 5. The lowest BCUT2D eigenvalue weighted by Gasteiger charge is -2.55. The maximum Gasteiger partial charge on any atom is 0.334 e. The molecule has 0 radical (unpaired) electrons. The Bertz CT molecular complexity index is 1430. The van der Waals surface area contributed by atoms with Crippen molar-refractivity contribution in [2.75, 3.05) is 16.4 Å². The van der Waals surface area contributed by atoms with E-state index in [1.54, 1.807) is 45.0 Å². The molecule has 6 atom stereocenters. The van der Waals surface area contributed by atoms with Crippen molar-refractivity contribution in [3.8, 4) is 0 Å². The molecule has 0 N–H and O–H groups in total. The number of allylic oxidation sites excluding steroid dienone is 1. The van der Waals surface area contributed by atoms with Crippen LogP contribution in [0.3, 0.4) is 0 Å². The van der Waals surface area contributed by atoms with E-state index >= 15 is 0 Å². The highest BCUT2D eigenvalue weighted by Gasteiger charge is 2.77. The van der Waals surface area contributed by atoms with Crippen LogP contribution in [0.1, 0.15) is 45.7 Å². The van der Waals surface area contributed by atoms with Gasteiger partial charge >= 0.3 is 5.97 Å². The molecule has 1 saturated carbocycles. The molecule has 8 heteroatoms.